The van der Waals surface area contributed by atoms with Gasteiger partial charge in [0.25, 0.3) is 0 Å². The zero-order valence-corrected chi connectivity index (χ0v) is 13.0. The predicted molar refractivity (Wildman–Crippen MR) is 85.5 cm³/mol. The van der Waals surface area contributed by atoms with Crippen molar-refractivity contribution in [2.45, 2.75) is 20.3 Å². The van der Waals surface area contributed by atoms with Gasteiger partial charge in [0.05, 0.1) is 18.4 Å². The Bertz CT molecular complexity index is 859. The standard InChI is InChI=1S/C18H17NO4/c1-11-6-14-13(9-22-17(14)7-12(11)2)8-18(21)23-10-16(20)15-4-3-5-19-15/h3-7,9,19H,8,10H2,1-2H3. The first-order valence-corrected chi connectivity index (χ1v) is 7.34. The molecule has 0 bridgehead atoms. The van der Waals surface area contributed by atoms with Gasteiger partial charge in [0, 0.05) is 17.1 Å². The van der Waals surface area contributed by atoms with E-state index >= 15 is 0 Å². The average molecular weight is 311 g/mol. The molecule has 0 spiro atoms. The number of carbonyl (C=O) groups is 2. The minimum absolute atomic E-state index is 0.0769. The number of aromatic nitrogens is 1. The number of hydrogen-bond acceptors (Lipinski definition) is 4. The van der Waals surface area contributed by atoms with Gasteiger partial charge in [-0.25, -0.2) is 0 Å². The summed E-state index contributed by atoms with van der Waals surface area (Å²) in [6.45, 7) is 3.75. The number of benzene rings is 1. The number of fused-ring (bicyclic) bond motifs is 1. The molecule has 5 nitrogen and oxygen atoms in total. The van der Waals surface area contributed by atoms with Crippen molar-refractivity contribution in [2.24, 2.45) is 0 Å². The van der Waals surface area contributed by atoms with Gasteiger partial charge in [-0.05, 0) is 49.2 Å². The molecule has 23 heavy (non-hydrogen) atoms. The number of aromatic amines is 1. The highest BCUT2D eigenvalue weighted by atomic mass is 16.5. The molecule has 0 saturated heterocycles. The SMILES string of the molecule is Cc1cc2occ(CC(=O)OCC(=O)c3ccc[nH]3)c2cc1C. The summed E-state index contributed by atoms with van der Waals surface area (Å²) < 4.78 is 10.5. The topological polar surface area (TPSA) is 72.3 Å². The number of carbonyl (C=O) groups excluding carboxylic acids is 2. The Morgan fingerprint density at radius 1 is 1.22 bits per heavy atom. The van der Waals surface area contributed by atoms with Crippen LogP contribution in [-0.2, 0) is 16.0 Å². The Morgan fingerprint density at radius 3 is 2.74 bits per heavy atom. The highest BCUT2D eigenvalue weighted by Gasteiger charge is 2.14. The van der Waals surface area contributed by atoms with Gasteiger partial charge in [-0.15, -0.1) is 0 Å². The fraction of sp³-hybridized carbons (Fsp3) is 0.222. The van der Waals surface area contributed by atoms with Crippen molar-refractivity contribution in [1.29, 1.82) is 0 Å². The van der Waals surface area contributed by atoms with Crippen molar-refractivity contribution >= 4 is 22.7 Å². The van der Waals surface area contributed by atoms with Gasteiger partial charge in [0.2, 0.25) is 5.78 Å². The van der Waals surface area contributed by atoms with Crippen LogP contribution in [0.25, 0.3) is 11.0 Å². The molecule has 3 rings (SSSR count). The summed E-state index contributed by atoms with van der Waals surface area (Å²) in [5.74, 6) is -0.710. The lowest BCUT2D eigenvalue weighted by Crippen LogP contribution is -2.15. The molecule has 0 atom stereocenters. The number of H-pyrrole nitrogens is 1. The van der Waals surface area contributed by atoms with Crippen molar-refractivity contribution in [3.63, 3.8) is 0 Å². The zero-order chi connectivity index (χ0) is 16.4. The summed E-state index contributed by atoms with van der Waals surface area (Å²) in [6, 6.07) is 7.32. The van der Waals surface area contributed by atoms with Crippen LogP contribution in [-0.4, -0.2) is 23.3 Å². The normalized spacial score (nSPS) is 10.9. The summed E-state index contributed by atoms with van der Waals surface area (Å²) in [4.78, 5) is 26.5. The van der Waals surface area contributed by atoms with Crippen molar-refractivity contribution in [2.75, 3.05) is 6.61 Å². The average Bonchev–Trinajstić information content (AvgIpc) is 3.17. The van der Waals surface area contributed by atoms with Crippen molar-refractivity contribution in [3.05, 3.63) is 59.1 Å². The highest BCUT2D eigenvalue weighted by molar-refractivity contribution is 5.96. The number of aryl methyl sites for hydroxylation is 2. The van der Waals surface area contributed by atoms with E-state index in [0.29, 0.717) is 5.69 Å². The molecule has 0 saturated carbocycles. The Balaban J connectivity index is 1.66. The Labute approximate surface area is 133 Å². The van der Waals surface area contributed by atoms with E-state index in [-0.39, 0.29) is 18.8 Å². The molecule has 0 radical (unpaired) electrons. The lowest BCUT2D eigenvalue weighted by molar-refractivity contribution is -0.141. The molecular formula is C18H17NO4. The van der Waals surface area contributed by atoms with Crippen molar-refractivity contribution < 1.29 is 18.7 Å². The van der Waals surface area contributed by atoms with Crippen LogP contribution in [0.5, 0.6) is 0 Å². The number of furan rings is 1. The second-order valence-corrected chi connectivity index (χ2v) is 5.54. The van der Waals surface area contributed by atoms with Crippen LogP contribution < -0.4 is 0 Å². The molecule has 5 heteroatoms. The summed E-state index contributed by atoms with van der Waals surface area (Å²) in [7, 11) is 0. The number of esters is 1. The van der Waals surface area contributed by atoms with Gasteiger partial charge >= 0.3 is 5.97 Å². The maximum absolute atomic E-state index is 12.0. The number of hydrogen-bond donors (Lipinski definition) is 1. The largest absolute Gasteiger partial charge is 0.464 e. The molecule has 0 aliphatic heterocycles. The lowest BCUT2D eigenvalue weighted by atomic mass is 10.0. The first-order valence-electron chi connectivity index (χ1n) is 7.34. The lowest BCUT2D eigenvalue weighted by Gasteiger charge is -2.03. The second-order valence-electron chi connectivity index (χ2n) is 5.54. The van der Waals surface area contributed by atoms with Gasteiger partial charge in [-0.2, -0.15) is 0 Å². The van der Waals surface area contributed by atoms with Crippen LogP contribution >= 0.6 is 0 Å². The van der Waals surface area contributed by atoms with Crippen LogP contribution in [0.15, 0.2) is 41.1 Å². The van der Waals surface area contributed by atoms with Gasteiger partial charge in [-0.1, -0.05) is 0 Å². The van der Waals surface area contributed by atoms with E-state index in [0.717, 1.165) is 27.7 Å². The molecule has 2 heterocycles. The first-order chi connectivity index (χ1) is 11.0. The molecule has 0 aliphatic carbocycles. The minimum atomic E-state index is -0.453. The summed E-state index contributed by atoms with van der Waals surface area (Å²) >= 11 is 0. The molecule has 0 aliphatic rings. The van der Waals surface area contributed by atoms with Crippen LogP contribution in [0.1, 0.15) is 27.2 Å². The number of ketones is 1. The number of nitrogens with one attached hydrogen (secondary N) is 1. The first kappa shape index (κ1) is 15.1. The molecule has 2 aromatic heterocycles. The fourth-order valence-corrected chi connectivity index (χ4v) is 2.41. The van der Waals surface area contributed by atoms with Crippen LogP contribution in [0.3, 0.4) is 0 Å². The fourth-order valence-electron chi connectivity index (χ4n) is 2.41. The molecular weight excluding hydrogens is 294 g/mol. The Morgan fingerprint density at radius 2 is 2.00 bits per heavy atom. The van der Waals surface area contributed by atoms with E-state index in [2.05, 4.69) is 4.98 Å². The summed E-state index contributed by atoms with van der Waals surface area (Å²) in [5, 5.41) is 0.903. The van der Waals surface area contributed by atoms with Crippen molar-refractivity contribution in [1.82, 2.24) is 4.98 Å². The number of ether oxygens (including phenoxy) is 1. The van der Waals surface area contributed by atoms with E-state index in [4.69, 9.17) is 9.15 Å². The third-order valence-corrected chi connectivity index (χ3v) is 3.87. The molecule has 3 aromatic rings. The molecule has 0 fully saturated rings. The Kier molecular flexibility index (Phi) is 4.02. The highest BCUT2D eigenvalue weighted by Crippen LogP contribution is 2.25. The minimum Gasteiger partial charge on any atom is -0.464 e. The number of rotatable bonds is 5. The molecule has 1 aromatic carbocycles. The van der Waals surface area contributed by atoms with Crippen LogP contribution in [0, 0.1) is 13.8 Å². The summed E-state index contributed by atoms with van der Waals surface area (Å²) in [6.07, 6.45) is 3.29. The maximum Gasteiger partial charge on any atom is 0.310 e. The van der Waals surface area contributed by atoms with Gasteiger partial charge < -0.3 is 14.1 Å². The van der Waals surface area contributed by atoms with E-state index < -0.39 is 5.97 Å². The molecule has 1 N–H and O–H groups in total. The summed E-state index contributed by atoms with van der Waals surface area (Å²) in [5.41, 5.74) is 4.21. The van der Waals surface area contributed by atoms with Crippen LogP contribution in [0.2, 0.25) is 0 Å². The van der Waals surface area contributed by atoms with Gasteiger partial charge in [-0.3, -0.25) is 9.59 Å². The third-order valence-electron chi connectivity index (χ3n) is 3.87. The van der Waals surface area contributed by atoms with E-state index in [1.807, 2.05) is 26.0 Å². The third kappa shape index (κ3) is 3.18. The molecule has 118 valence electrons. The van der Waals surface area contributed by atoms with E-state index in [1.54, 1.807) is 24.6 Å². The van der Waals surface area contributed by atoms with Crippen molar-refractivity contribution in [3.8, 4) is 0 Å². The van der Waals surface area contributed by atoms with Crippen LogP contribution in [0.4, 0.5) is 0 Å². The van der Waals surface area contributed by atoms with Gasteiger partial charge in [0.1, 0.15) is 5.58 Å². The maximum atomic E-state index is 12.0. The van der Waals surface area contributed by atoms with E-state index in [1.165, 1.54) is 0 Å². The zero-order valence-electron chi connectivity index (χ0n) is 13.0. The van der Waals surface area contributed by atoms with Gasteiger partial charge in [0.15, 0.2) is 6.61 Å². The smallest absolute Gasteiger partial charge is 0.310 e. The quantitative estimate of drug-likeness (QED) is 0.579. The molecule has 0 amide bonds. The second kappa shape index (κ2) is 6.12. The number of Topliss-reactive ketones (excluding diaryl/α,β-unsaturated/α-hetero) is 1. The Hall–Kier alpha value is -2.82. The predicted octanol–water partition coefficient (Wildman–Crippen LogP) is 3.35. The van der Waals surface area contributed by atoms with E-state index in [9.17, 15) is 9.59 Å². The monoisotopic (exact) mass is 311 g/mol. The molecule has 0 unspecified atom stereocenters.